The average molecular weight is 287 g/mol. The van der Waals surface area contributed by atoms with Crippen LogP contribution in [0.25, 0.3) is 0 Å². The van der Waals surface area contributed by atoms with E-state index in [0.717, 1.165) is 25.2 Å². The van der Waals surface area contributed by atoms with Crippen LogP contribution in [0.1, 0.15) is 18.4 Å². The molecule has 4 nitrogen and oxygen atoms in total. The van der Waals surface area contributed by atoms with Gasteiger partial charge in [0.15, 0.2) is 11.5 Å². The van der Waals surface area contributed by atoms with Crippen molar-refractivity contribution in [3.8, 4) is 11.5 Å². The Bertz CT molecular complexity index is 395. The number of benzene rings is 1. The Balaban J connectivity index is 0.00000180. The molecule has 1 heterocycles. The molecular weight excluding hydrogens is 264 g/mol. The molecule has 0 radical (unpaired) electrons. The predicted molar refractivity (Wildman–Crippen MR) is 79.3 cm³/mol. The average Bonchev–Trinajstić information content (AvgIpc) is 2.42. The molecule has 1 aromatic carbocycles. The van der Waals surface area contributed by atoms with E-state index >= 15 is 0 Å². The summed E-state index contributed by atoms with van der Waals surface area (Å²) in [5.74, 6) is 0.812. The summed E-state index contributed by atoms with van der Waals surface area (Å²) in [5.41, 5.74) is 0.926. The molecule has 0 unspecified atom stereocenters. The lowest BCUT2D eigenvalue weighted by Gasteiger charge is -2.31. The monoisotopic (exact) mass is 286 g/mol. The fourth-order valence-corrected chi connectivity index (χ4v) is 2.51. The third kappa shape index (κ3) is 4.00. The zero-order valence-corrected chi connectivity index (χ0v) is 12.4. The van der Waals surface area contributed by atoms with Crippen molar-refractivity contribution in [3.05, 3.63) is 23.8 Å². The van der Waals surface area contributed by atoms with Crippen molar-refractivity contribution >= 4 is 12.4 Å². The van der Waals surface area contributed by atoms with Crippen molar-refractivity contribution in [3.63, 3.8) is 0 Å². The molecule has 1 aliphatic rings. The number of hydrogen-bond donors (Lipinski definition) is 2. The van der Waals surface area contributed by atoms with E-state index in [2.05, 4.69) is 17.3 Å². The third-order valence-electron chi connectivity index (χ3n) is 3.65. The zero-order chi connectivity index (χ0) is 13.0. The standard InChI is InChI=1S/C14H22N2O2.ClH/c1-16(12-6-8-15-9-7-12)10-11-4-3-5-13(18-2)14(11)17;/h3-5,12,15,17H,6-10H2,1-2H3;1H. The lowest BCUT2D eigenvalue weighted by molar-refractivity contribution is 0.189. The van der Waals surface area contributed by atoms with E-state index in [4.69, 9.17) is 4.74 Å². The Labute approximate surface area is 121 Å². The van der Waals surface area contributed by atoms with Gasteiger partial charge in [-0.2, -0.15) is 0 Å². The summed E-state index contributed by atoms with van der Waals surface area (Å²) < 4.78 is 5.13. The molecule has 108 valence electrons. The van der Waals surface area contributed by atoms with Crippen LogP contribution in [0.15, 0.2) is 18.2 Å². The number of nitrogens with one attached hydrogen (secondary N) is 1. The highest BCUT2D eigenvalue weighted by atomic mass is 35.5. The van der Waals surface area contributed by atoms with E-state index in [-0.39, 0.29) is 18.2 Å². The maximum atomic E-state index is 10.1. The SMILES string of the molecule is COc1cccc(CN(C)C2CCNCC2)c1O.Cl. The topological polar surface area (TPSA) is 44.7 Å². The van der Waals surface area contributed by atoms with Crippen LogP contribution in [0.3, 0.4) is 0 Å². The summed E-state index contributed by atoms with van der Waals surface area (Å²) in [7, 11) is 3.70. The largest absolute Gasteiger partial charge is 0.504 e. The first-order chi connectivity index (χ1) is 8.72. The molecule has 19 heavy (non-hydrogen) atoms. The van der Waals surface area contributed by atoms with E-state index in [1.807, 2.05) is 12.1 Å². The Morgan fingerprint density at radius 2 is 2.05 bits per heavy atom. The lowest BCUT2D eigenvalue weighted by atomic mass is 10.0. The predicted octanol–water partition coefficient (Wildman–Crippen LogP) is 2.01. The normalized spacial score (nSPS) is 16.2. The van der Waals surface area contributed by atoms with Gasteiger partial charge < -0.3 is 15.2 Å². The van der Waals surface area contributed by atoms with Crippen molar-refractivity contribution in [2.45, 2.75) is 25.4 Å². The van der Waals surface area contributed by atoms with E-state index in [1.54, 1.807) is 13.2 Å². The first-order valence-electron chi connectivity index (χ1n) is 6.48. The van der Waals surface area contributed by atoms with Gasteiger partial charge >= 0.3 is 0 Å². The van der Waals surface area contributed by atoms with Gasteiger partial charge in [0.2, 0.25) is 0 Å². The van der Waals surface area contributed by atoms with Gasteiger partial charge in [-0.15, -0.1) is 12.4 Å². The molecule has 1 aliphatic heterocycles. The Kier molecular flexibility index (Phi) is 6.42. The number of halogens is 1. The first kappa shape index (κ1) is 16.1. The van der Waals surface area contributed by atoms with Crippen molar-refractivity contribution in [1.82, 2.24) is 10.2 Å². The minimum Gasteiger partial charge on any atom is -0.504 e. The molecule has 5 heteroatoms. The quantitative estimate of drug-likeness (QED) is 0.889. The number of hydrogen-bond acceptors (Lipinski definition) is 4. The highest BCUT2D eigenvalue weighted by molar-refractivity contribution is 5.85. The van der Waals surface area contributed by atoms with Crippen molar-refractivity contribution in [1.29, 1.82) is 0 Å². The molecule has 2 rings (SSSR count). The second kappa shape index (κ2) is 7.58. The smallest absolute Gasteiger partial charge is 0.162 e. The number of phenolic OH excluding ortho intramolecular Hbond substituents is 1. The summed E-state index contributed by atoms with van der Waals surface area (Å²) in [4.78, 5) is 2.31. The number of aromatic hydroxyl groups is 1. The molecule has 0 aromatic heterocycles. The maximum absolute atomic E-state index is 10.1. The second-order valence-electron chi connectivity index (χ2n) is 4.86. The molecule has 2 N–H and O–H groups in total. The minimum atomic E-state index is 0. The van der Waals surface area contributed by atoms with E-state index in [9.17, 15) is 5.11 Å². The van der Waals surface area contributed by atoms with Gasteiger partial charge in [-0.25, -0.2) is 0 Å². The van der Waals surface area contributed by atoms with Crippen LogP contribution in [0, 0.1) is 0 Å². The number of para-hydroxylation sites is 1. The summed E-state index contributed by atoms with van der Waals surface area (Å²) >= 11 is 0. The second-order valence-corrected chi connectivity index (χ2v) is 4.86. The number of phenols is 1. The van der Waals surface area contributed by atoms with Crippen LogP contribution in [0.5, 0.6) is 11.5 Å². The molecule has 0 spiro atoms. The van der Waals surface area contributed by atoms with Crippen molar-refractivity contribution < 1.29 is 9.84 Å². The van der Waals surface area contributed by atoms with Gasteiger partial charge in [0.25, 0.3) is 0 Å². The van der Waals surface area contributed by atoms with Crippen molar-refractivity contribution in [2.24, 2.45) is 0 Å². The molecule has 1 aromatic rings. The highest BCUT2D eigenvalue weighted by Crippen LogP contribution is 2.30. The summed E-state index contributed by atoms with van der Waals surface area (Å²) in [6, 6.07) is 6.25. The van der Waals surface area contributed by atoms with Crippen molar-refractivity contribution in [2.75, 3.05) is 27.2 Å². The Morgan fingerprint density at radius 3 is 2.68 bits per heavy atom. The van der Waals surface area contributed by atoms with Gasteiger partial charge in [-0.1, -0.05) is 12.1 Å². The van der Waals surface area contributed by atoms with Crippen LogP contribution in [-0.4, -0.2) is 43.3 Å². The third-order valence-corrected chi connectivity index (χ3v) is 3.65. The Morgan fingerprint density at radius 1 is 1.37 bits per heavy atom. The fourth-order valence-electron chi connectivity index (χ4n) is 2.51. The zero-order valence-electron chi connectivity index (χ0n) is 11.6. The molecule has 0 saturated carbocycles. The molecule has 0 amide bonds. The number of piperidine rings is 1. The van der Waals surface area contributed by atoms with Gasteiger partial charge in [-0.05, 0) is 39.0 Å². The van der Waals surface area contributed by atoms with Crippen LogP contribution in [0.4, 0.5) is 0 Å². The van der Waals surface area contributed by atoms with E-state index in [0.29, 0.717) is 11.8 Å². The minimum absolute atomic E-state index is 0. The van der Waals surface area contributed by atoms with Gasteiger partial charge in [0.05, 0.1) is 7.11 Å². The van der Waals surface area contributed by atoms with Crippen LogP contribution in [-0.2, 0) is 6.54 Å². The maximum Gasteiger partial charge on any atom is 0.162 e. The first-order valence-corrected chi connectivity index (χ1v) is 6.48. The van der Waals surface area contributed by atoms with Gasteiger partial charge in [0, 0.05) is 18.2 Å². The van der Waals surface area contributed by atoms with Gasteiger partial charge in [0.1, 0.15) is 0 Å². The van der Waals surface area contributed by atoms with E-state index in [1.165, 1.54) is 12.8 Å². The molecular formula is C14H23ClN2O2. The molecule has 0 aliphatic carbocycles. The van der Waals surface area contributed by atoms with Crippen LogP contribution < -0.4 is 10.1 Å². The van der Waals surface area contributed by atoms with E-state index < -0.39 is 0 Å². The van der Waals surface area contributed by atoms with Gasteiger partial charge in [-0.3, -0.25) is 4.90 Å². The van der Waals surface area contributed by atoms with Crippen LogP contribution in [0.2, 0.25) is 0 Å². The van der Waals surface area contributed by atoms with Crippen LogP contribution >= 0.6 is 12.4 Å². The number of methoxy groups -OCH3 is 1. The summed E-state index contributed by atoms with van der Waals surface area (Å²) in [6.45, 7) is 2.92. The number of rotatable bonds is 4. The molecule has 0 bridgehead atoms. The summed E-state index contributed by atoms with van der Waals surface area (Å²) in [5, 5.41) is 13.4. The fraction of sp³-hybridized carbons (Fsp3) is 0.571. The Hall–Kier alpha value is -0.970. The number of ether oxygens (including phenoxy) is 1. The lowest BCUT2D eigenvalue weighted by Crippen LogP contribution is -2.40. The summed E-state index contributed by atoms with van der Waals surface area (Å²) in [6.07, 6.45) is 2.34. The molecule has 0 atom stereocenters. The number of nitrogens with zero attached hydrogens (tertiary/aromatic N) is 1. The molecule has 1 saturated heterocycles. The highest BCUT2D eigenvalue weighted by Gasteiger charge is 2.19. The molecule has 1 fully saturated rings.